The van der Waals surface area contributed by atoms with Crippen LogP contribution in [0.5, 0.6) is 0 Å². The van der Waals surface area contributed by atoms with E-state index < -0.39 is 0 Å². The van der Waals surface area contributed by atoms with E-state index in [1.807, 2.05) is 18.0 Å². The predicted molar refractivity (Wildman–Crippen MR) is 75.5 cm³/mol. The summed E-state index contributed by atoms with van der Waals surface area (Å²) in [6.45, 7) is 2.57. The maximum atomic E-state index is 12.7. The molecule has 0 saturated heterocycles. The molecular weight excluding hydrogens is 244 g/mol. The van der Waals surface area contributed by atoms with Gasteiger partial charge in [0, 0.05) is 18.5 Å². The van der Waals surface area contributed by atoms with E-state index >= 15 is 0 Å². The van der Waals surface area contributed by atoms with Gasteiger partial charge < -0.3 is 10.6 Å². The molecule has 0 aromatic carbocycles. The highest BCUT2D eigenvalue weighted by atomic mass is 32.1. The zero-order valence-corrected chi connectivity index (χ0v) is 12.0. The van der Waals surface area contributed by atoms with Crippen molar-refractivity contribution < 1.29 is 4.79 Å². The van der Waals surface area contributed by atoms with Crippen LogP contribution in [0.4, 0.5) is 0 Å². The highest BCUT2D eigenvalue weighted by Crippen LogP contribution is 2.40. The Kier molecular flexibility index (Phi) is 4.07. The number of hydrogen-bond donors (Lipinski definition) is 1. The number of carbonyl (C=O) groups excluding carboxylic acids is 1. The van der Waals surface area contributed by atoms with Crippen LogP contribution < -0.4 is 5.73 Å². The lowest BCUT2D eigenvalue weighted by Crippen LogP contribution is -2.45. The third kappa shape index (κ3) is 2.31. The van der Waals surface area contributed by atoms with Gasteiger partial charge in [-0.1, -0.05) is 18.9 Å². The smallest absolute Gasteiger partial charge is 0.230 e. The molecule has 1 aromatic rings. The number of amides is 1. The molecule has 0 bridgehead atoms. The third-order valence-electron chi connectivity index (χ3n) is 4.26. The minimum Gasteiger partial charge on any atom is -0.338 e. The lowest BCUT2D eigenvalue weighted by atomic mass is 9.84. The van der Waals surface area contributed by atoms with E-state index in [1.165, 1.54) is 4.88 Å². The molecule has 0 spiro atoms. The summed E-state index contributed by atoms with van der Waals surface area (Å²) in [4.78, 5) is 15.8. The number of thiophene rings is 1. The molecule has 2 rings (SSSR count). The Hall–Kier alpha value is -0.870. The Labute approximate surface area is 113 Å². The number of nitrogens with two attached hydrogens (primary N) is 1. The highest BCUT2D eigenvalue weighted by molar-refractivity contribution is 7.10. The second-order valence-electron chi connectivity index (χ2n) is 5.30. The minimum absolute atomic E-state index is 0.140. The summed E-state index contributed by atoms with van der Waals surface area (Å²) in [7, 11) is 1.91. The lowest BCUT2D eigenvalue weighted by molar-refractivity contribution is -0.142. The second kappa shape index (κ2) is 5.41. The molecule has 2 N–H and O–H groups in total. The van der Waals surface area contributed by atoms with E-state index in [0.717, 1.165) is 25.7 Å². The minimum atomic E-state index is -0.291. The lowest BCUT2D eigenvalue weighted by Gasteiger charge is -2.34. The molecule has 0 radical (unpaired) electrons. The van der Waals surface area contributed by atoms with Crippen LogP contribution in [0.25, 0.3) is 0 Å². The Bertz CT molecular complexity index is 396. The zero-order valence-electron chi connectivity index (χ0n) is 11.2. The van der Waals surface area contributed by atoms with E-state index in [2.05, 4.69) is 18.4 Å². The van der Waals surface area contributed by atoms with Crippen molar-refractivity contribution in [2.24, 2.45) is 11.1 Å². The van der Waals surface area contributed by atoms with Gasteiger partial charge in [-0.05, 0) is 31.2 Å². The fraction of sp³-hybridized carbons (Fsp3) is 0.643. The van der Waals surface area contributed by atoms with Crippen molar-refractivity contribution >= 4 is 17.2 Å². The van der Waals surface area contributed by atoms with Crippen molar-refractivity contribution in [3.63, 3.8) is 0 Å². The molecule has 1 unspecified atom stereocenters. The van der Waals surface area contributed by atoms with Gasteiger partial charge in [0.15, 0.2) is 0 Å². The van der Waals surface area contributed by atoms with E-state index in [-0.39, 0.29) is 17.4 Å². The SMILES string of the molecule is CC(c1cccs1)N(C)C(=O)C1(CN)CCCC1. The highest BCUT2D eigenvalue weighted by Gasteiger charge is 2.42. The first-order valence-corrected chi connectivity index (χ1v) is 7.49. The monoisotopic (exact) mass is 266 g/mol. The first-order valence-electron chi connectivity index (χ1n) is 6.61. The molecule has 4 heteroatoms. The van der Waals surface area contributed by atoms with Gasteiger partial charge in [0.2, 0.25) is 5.91 Å². The fourth-order valence-electron chi connectivity index (χ4n) is 2.83. The summed E-state index contributed by atoms with van der Waals surface area (Å²) in [5, 5.41) is 2.05. The third-order valence-corrected chi connectivity index (χ3v) is 5.30. The molecule has 1 saturated carbocycles. The van der Waals surface area contributed by atoms with Crippen molar-refractivity contribution in [2.45, 2.75) is 38.6 Å². The number of rotatable bonds is 4. The van der Waals surface area contributed by atoms with Gasteiger partial charge in [-0.25, -0.2) is 0 Å². The van der Waals surface area contributed by atoms with Crippen LogP contribution in [0.3, 0.4) is 0 Å². The van der Waals surface area contributed by atoms with E-state index in [4.69, 9.17) is 5.73 Å². The quantitative estimate of drug-likeness (QED) is 0.911. The topological polar surface area (TPSA) is 46.3 Å². The molecule has 1 atom stereocenters. The van der Waals surface area contributed by atoms with Crippen LogP contribution in [-0.2, 0) is 4.79 Å². The second-order valence-corrected chi connectivity index (χ2v) is 6.28. The average molecular weight is 266 g/mol. The first-order chi connectivity index (χ1) is 8.60. The molecule has 0 aliphatic heterocycles. The summed E-state index contributed by atoms with van der Waals surface area (Å²) in [5.74, 6) is 0.225. The normalized spacial score (nSPS) is 19.7. The van der Waals surface area contributed by atoms with Crippen LogP contribution in [0, 0.1) is 5.41 Å². The molecule has 1 heterocycles. The average Bonchev–Trinajstić information content (AvgIpc) is 3.07. The van der Waals surface area contributed by atoms with E-state index in [0.29, 0.717) is 6.54 Å². The zero-order chi connectivity index (χ0) is 13.2. The van der Waals surface area contributed by atoms with Crippen LogP contribution in [-0.4, -0.2) is 24.4 Å². The van der Waals surface area contributed by atoms with Crippen molar-refractivity contribution in [1.29, 1.82) is 0 Å². The first kappa shape index (κ1) is 13.6. The van der Waals surface area contributed by atoms with Crippen LogP contribution in [0.15, 0.2) is 17.5 Å². The van der Waals surface area contributed by atoms with Crippen molar-refractivity contribution in [2.75, 3.05) is 13.6 Å². The standard InChI is InChI=1S/C14H22N2OS/c1-11(12-6-5-9-18-12)16(2)13(17)14(10-15)7-3-4-8-14/h5-6,9,11H,3-4,7-8,10,15H2,1-2H3. The van der Waals surface area contributed by atoms with Crippen LogP contribution in [0.1, 0.15) is 43.5 Å². The summed E-state index contributed by atoms with van der Waals surface area (Å²) < 4.78 is 0. The number of carbonyl (C=O) groups is 1. The molecule has 1 fully saturated rings. The van der Waals surface area contributed by atoms with Gasteiger partial charge in [-0.2, -0.15) is 0 Å². The van der Waals surface area contributed by atoms with Gasteiger partial charge in [-0.3, -0.25) is 4.79 Å². The molecule has 3 nitrogen and oxygen atoms in total. The van der Waals surface area contributed by atoms with E-state index in [1.54, 1.807) is 11.3 Å². The van der Waals surface area contributed by atoms with Gasteiger partial charge >= 0.3 is 0 Å². The van der Waals surface area contributed by atoms with Crippen molar-refractivity contribution in [1.82, 2.24) is 4.90 Å². The maximum Gasteiger partial charge on any atom is 0.230 e. The van der Waals surface area contributed by atoms with E-state index in [9.17, 15) is 4.79 Å². The number of hydrogen-bond acceptors (Lipinski definition) is 3. The summed E-state index contributed by atoms with van der Waals surface area (Å²) in [6.07, 6.45) is 4.15. The molecular formula is C14H22N2OS. The Balaban J connectivity index is 2.13. The van der Waals surface area contributed by atoms with Crippen molar-refractivity contribution in [3.05, 3.63) is 22.4 Å². The Morgan fingerprint density at radius 1 is 1.56 bits per heavy atom. The maximum absolute atomic E-state index is 12.7. The molecule has 1 aliphatic carbocycles. The summed E-state index contributed by atoms with van der Waals surface area (Å²) in [5.41, 5.74) is 5.59. The van der Waals surface area contributed by atoms with Gasteiger partial charge in [0.05, 0.1) is 11.5 Å². The summed E-state index contributed by atoms with van der Waals surface area (Å²) in [6, 6.07) is 4.26. The molecule has 100 valence electrons. The van der Waals surface area contributed by atoms with Crippen LogP contribution >= 0.6 is 11.3 Å². The molecule has 1 aromatic heterocycles. The van der Waals surface area contributed by atoms with Gasteiger partial charge in [0.1, 0.15) is 0 Å². The van der Waals surface area contributed by atoms with Gasteiger partial charge in [-0.15, -0.1) is 11.3 Å². The molecule has 18 heavy (non-hydrogen) atoms. The predicted octanol–water partition coefficient (Wildman–Crippen LogP) is 2.79. The Morgan fingerprint density at radius 3 is 2.72 bits per heavy atom. The largest absolute Gasteiger partial charge is 0.338 e. The van der Waals surface area contributed by atoms with Crippen molar-refractivity contribution in [3.8, 4) is 0 Å². The van der Waals surface area contributed by atoms with Crippen LogP contribution in [0.2, 0.25) is 0 Å². The number of nitrogens with zero attached hydrogens (tertiary/aromatic N) is 1. The van der Waals surface area contributed by atoms with Gasteiger partial charge in [0.25, 0.3) is 0 Å². The fourth-order valence-corrected chi connectivity index (χ4v) is 3.65. The molecule has 1 aliphatic rings. The Morgan fingerprint density at radius 2 is 2.22 bits per heavy atom. The molecule has 1 amide bonds. The summed E-state index contributed by atoms with van der Waals surface area (Å²) >= 11 is 1.70.